The Morgan fingerprint density at radius 2 is 1.88 bits per heavy atom. The van der Waals surface area contributed by atoms with Gasteiger partial charge in [-0.05, 0) is 43.2 Å². The van der Waals surface area contributed by atoms with Gasteiger partial charge in [-0.15, -0.1) is 0 Å². The van der Waals surface area contributed by atoms with E-state index in [1.807, 2.05) is 13.8 Å². The third kappa shape index (κ3) is 3.09. The number of sulfonamides is 1. The largest absolute Gasteiger partial charge is 0.358 e. The Balaban J connectivity index is 2.02. The maximum Gasteiger partial charge on any atom is 0.261 e. The van der Waals surface area contributed by atoms with Crippen molar-refractivity contribution in [1.82, 2.24) is 4.98 Å². The molecule has 1 heterocycles. The molecule has 6 nitrogen and oxygen atoms in total. The molecule has 0 spiro atoms. The van der Waals surface area contributed by atoms with Gasteiger partial charge in [-0.25, -0.2) is 8.42 Å². The minimum Gasteiger partial charge on any atom is -0.358 e. The number of nitrogens with two attached hydrogens (primary N) is 1. The number of nitrogens with one attached hydrogen (secondary N) is 2. The number of fused-ring (bicyclic) bond motifs is 1. The van der Waals surface area contributed by atoms with Crippen LogP contribution in [0.2, 0.25) is 0 Å². The number of nitriles is 1. The van der Waals surface area contributed by atoms with Crippen molar-refractivity contribution in [2.75, 3.05) is 4.72 Å². The second kappa shape index (κ2) is 6.24. The summed E-state index contributed by atoms with van der Waals surface area (Å²) in [6.07, 6.45) is 1.58. The molecule has 7 heteroatoms. The topological polar surface area (TPSA) is 112 Å². The van der Waals surface area contributed by atoms with E-state index < -0.39 is 10.0 Å². The van der Waals surface area contributed by atoms with Gasteiger partial charge in [0.2, 0.25) is 0 Å². The number of aromatic nitrogens is 1. The highest BCUT2D eigenvalue weighted by Crippen LogP contribution is 2.30. The minimum absolute atomic E-state index is 0.151. The molecular formula is C18H18N4O2S. The summed E-state index contributed by atoms with van der Waals surface area (Å²) in [6.45, 7) is 3.71. The molecule has 1 aromatic heterocycles. The van der Waals surface area contributed by atoms with Gasteiger partial charge in [0.05, 0.1) is 21.7 Å². The van der Waals surface area contributed by atoms with Gasteiger partial charge in [-0.3, -0.25) is 4.72 Å². The summed E-state index contributed by atoms with van der Waals surface area (Å²) < 4.78 is 27.9. The van der Waals surface area contributed by atoms with Crippen LogP contribution in [0.5, 0.6) is 0 Å². The average molecular weight is 354 g/mol. The van der Waals surface area contributed by atoms with E-state index in [2.05, 4.69) is 15.8 Å². The quantitative estimate of drug-likeness (QED) is 0.668. The van der Waals surface area contributed by atoms with Crippen LogP contribution in [0.25, 0.3) is 10.9 Å². The Labute approximate surface area is 146 Å². The van der Waals surface area contributed by atoms with Crippen LogP contribution in [0.3, 0.4) is 0 Å². The summed E-state index contributed by atoms with van der Waals surface area (Å²) in [7, 11) is -3.75. The molecule has 0 fully saturated rings. The van der Waals surface area contributed by atoms with E-state index in [-0.39, 0.29) is 10.9 Å². The average Bonchev–Trinajstić information content (AvgIpc) is 3.02. The Hall–Kier alpha value is -2.82. The van der Waals surface area contributed by atoms with Gasteiger partial charge in [0, 0.05) is 17.6 Å². The standard InChI is InChI=1S/C18H18N4O2S/c1-11-3-8-16(18-17(11)14(9-19)10-21-18)22-25(23,24)15-6-4-13(5-7-15)12(2)20/h3-8,10,12,21-22H,20H2,1-2H3/t12-/m1/s1. The van der Waals surface area contributed by atoms with Gasteiger partial charge in [-0.2, -0.15) is 5.26 Å². The number of H-pyrrole nitrogens is 1. The molecule has 0 aliphatic carbocycles. The highest BCUT2D eigenvalue weighted by Gasteiger charge is 2.18. The second-order valence-electron chi connectivity index (χ2n) is 5.96. The molecule has 0 aliphatic rings. The summed E-state index contributed by atoms with van der Waals surface area (Å²) >= 11 is 0. The lowest BCUT2D eigenvalue weighted by Gasteiger charge is -2.11. The predicted octanol–water partition coefficient (Wildman–Crippen LogP) is 3.17. The lowest BCUT2D eigenvalue weighted by molar-refractivity contribution is 0.601. The molecular weight excluding hydrogens is 336 g/mol. The number of aryl methyl sites for hydroxylation is 1. The zero-order valence-electron chi connectivity index (χ0n) is 13.9. The van der Waals surface area contributed by atoms with Crippen molar-refractivity contribution in [3.8, 4) is 6.07 Å². The fourth-order valence-electron chi connectivity index (χ4n) is 2.75. The minimum atomic E-state index is -3.75. The predicted molar refractivity (Wildman–Crippen MR) is 97.6 cm³/mol. The summed E-state index contributed by atoms with van der Waals surface area (Å²) in [5.74, 6) is 0. The Morgan fingerprint density at radius 1 is 1.20 bits per heavy atom. The summed E-state index contributed by atoms with van der Waals surface area (Å²) in [5.41, 5.74) is 9.03. The Bertz CT molecular complexity index is 1070. The lowest BCUT2D eigenvalue weighted by atomic mass is 10.1. The summed E-state index contributed by atoms with van der Waals surface area (Å²) in [6, 6.07) is 11.9. The van der Waals surface area contributed by atoms with Gasteiger partial charge in [-0.1, -0.05) is 18.2 Å². The van der Waals surface area contributed by atoms with Crippen LogP contribution in [0, 0.1) is 18.3 Å². The normalized spacial score (nSPS) is 12.7. The number of hydrogen-bond donors (Lipinski definition) is 3. The number of anilines is 1. The van der Waals surface area contributed by atoms with E-state index in [0.29, 0.717) is 16.8 Å². The molecule has 0 saturated carbocycles. The molecule has 2 aromatic carbocycles. The first-order valence-corrected chi connectivity index (χ1v) is 9.21. The van der Waals surface area contributed by atoms with Gasteiger partial charge in [0.1, 0.15) is 6.07 Å². The van der Waals surface area contributed by atoms with E-state index in [4.69, 9.17) is 5.73 Å². The number of hydrogen-bond acceptors (Lipinski definition) is 4. The summed E-state index contributed by atoms with van der Waals surface area (Å²) in [5, 5.41) is 9.92. The maximum absolute atomic E-state index is 12.7. The molecule has 3 aromatic rings. The van der Waals surface area contributed by atoms with Crippen molar-refractivity contribution >= 4 is 26.6 Å². The zero-order valence-corrected chi connectivity index (χ0v) is 14.7. The van der Waals surface area contributed by atoms with Crippen molar-refractivity contribution in [2.24, 2.45) is 5.73 Å². The third-order valence-electron chi connectivity index (χ3n) is 4.12. The van der Waals surface area contributed by atoms with Crippen LogP contribution in [-0.4, -0.2) is 13.4 Å². The fraction of sp³-hybridized carbons (Fsp3) is 0.167. The van der Waals surface area contributed by atoms with Gasteiger partial charge < -0.3 is 10.7 Å². The van der Waals surface area contributed by atoms with Crippen LogP contribution < -0.4 is 10.5 Å². The number of benzene rings is 2. The van der Waals surface area contributed by atoms with Crippen molar-refractivity contribution in [2.45, 2.75) is 24.8 Å². The highest BCUT2D eigenvalue weighted by molar-refractivity contribution is 7.92. The maximum atomic E-state index is 12.7. The van der Waals surface area contributed by atoms with Crippen molar-refractivity contribution < 1.29 is 8.42 Å². The van der Waals surface area contributed by atoms with Crippen LogP contribution in [0.4, 0.5) is 5.69 Å². The smallest absolute Gasteiger partial charge is 0.261 e. The highest BCUT2D eigenvalue weighted by atomic mass is 32.2. The lowest BCUT2D eigenvalue weighted by Crippen LogP contribution is -2.14. The third-order valence-corrected chi connectivity index (χ3v) is 5.51. The molecule has 0 radical (unpaired) electrons. The van der Waals surface area contributed by atoms with Crippen LogP contribution in [0.15, 0.2) is 47.5 Å². The monoisotopic (exact) mass is 354 g/mol. The second-order valence-corrected chi connectivity index (χ2v) is 7.64. The number of nitrogens with zero attached hydrogens (tertiary/aromatic N) is 1. The molecule has 3 rings (SSSR count). The first kappa shape index (κ1) is 17.0. The van der Waals surface area contributed by atoms with Crippen LogP contribution >= 0.6 is 0 Å². The van der Waals surface area contributed by atoms with E-state index in [1.165, 1.54) is 12.1 Å². The molecule has 0 saturated heterocycles. The molecule has 4 N–H and O–H groups in total. The van der Waals surface area contributed by atoms with Crippen LogP contribution in [-0.2, 0) is 10.0 Å². The van der Waals surface area contributed by atoms with E-state index in [1.54, 1.807) is 30.5 Å². The zero-order chi connectivity index (χ0) is 18.2. The molecule has 0 amide bonds. The molecule has 0 unspecified atom stereocenters. The molecule has 0 bridgehead atoms. The first-order chi connectivity index (χ1) is 11.8. The number of aromatic amines is 1. The molecule has 1 atom stereocenters. The summed E-state index contributed by atoms with van der Waals surface area (Å²) in [4.78, 5) is 3.13. The SMILES string of the molecule is Cc1ccc(NS(=O)(=O)c2ccc([C@@H](C)N)cc2)c2[nH]cc(C#N)c12. The first-order valence-electron chi connectivity index (χ1n) is 7.72. The van der Waals surface area contributed by atoms with Crippen molar-refractivity contribution in [3.63, 3.8) is 0 Å². The van der Waals surface area contributed by atoms with Gasteiger partial charge in [0.15, 0.2) is 0 Å². The van der Waals surface area contributed by atoms with Crippen molar-refractivity contribution in [1.29, 1.82) is 5.26 Å². The van der Waals surface area contributed by atoms with Crippen molar-refractivity contribution in [3.05, 3.63) is 59.3 Å². The van der Waals surface area contributed by atoms with Crippen LogP contribution in [0.1, 0.15) is 29.7 Å². The molecule has 25 heavy (non-hydrogen) atoms. The number of rotatable bonds is 4. The van der Waals surface area contributed by atoms with E-state index >= 15 is 0 Å². The fourth-order valence-corrected chi connectivity index (χ4v) is 3.82. The van der Waals surface area contributed by atoms with Gasteiger partial charge in [0.25, 0.3) is 10.0 Å². The Kier molecular flexibility index (Phi) is 4.25. The molecule has 128 valence electrons. The van der Waals surface area contributed by atoms with E-state index in [0.717, 1.165) is 16.5 Å². The molecule has 0 aliphatic heterocycles. The van der Waals surface area contributed by atoms with E-state index in [9.17, 15) is 13.7 Å². The van der Waals surface area contributed by atoms with Gasteiger partial charge >= 0.3 is 0 Å². The Morgan fingerprint density at radius 3 is 2.48 bits per heavy atom.